The van der Waals surface area contributed by atoms with Gasteiger partial charge in [-0.15, -0.1) is 0 Å². The van der Waals surface area contributed by atoms with Crippen LogP contribution in [0.1, 0.15) is 38.2 Å². The molecular weight excluding hydrogens is 309 g/mol. The lowest BCUT2D eigenvalue weighted by atomic mass is 10.1. The molecule has 88 valence electrons. The standard InChI is InChI=1S/C14H20IN/c1-12-5-3-2-4-10-16(12)11-13-6-8-14(15)9-7-13/h6-9,12H,2-5,10-11H2,1H3. The molecule has 1 aromatic rings. The van der Waals surface area contributed by atoms with Crippen molar-refractivity contribution in [3.63, 3.8) is 0 Å². The van der Waals surface area contributed by atoms with E-state index in [0.717, 1.165) is 12.6 Å². The molecule has 0 radical (unpaired) electrons. The summed E-state index contributed by atoms with van der Waals surface area (Å²) in [7, 11) is 0. The van der Waals surface area contributed by atoms with Crippen LogP contribution in [0, 0.1) is 3.57 Å². The molecule has 2 rings (SSSR count). The molecule has 1 aliphatic heterocycles. The summed E-state index contributed by atoms with van der Waals surface area (Å²) in [6.07, 6.45) is 5.55. The van der Waals surface area contributed by atoms with Gasteiger partial charge in [0.2, 0.25) is 0 Å². The average Bonchev–Trinajstić information content (AvgIpc) is 2.48. The fourth-order valence-corrected chi connectivity index (χ4v) is 2.75. The van der Waals surface area contributed by atoms with Crippen LogP contribution < -0.4 is 0 Å². The predicted octanol–water partition coefficient (Wildman–Crippen LogP) is 4.06. The van der Waals surface area contributed by atoms with Crippen LogP contribution in [0.2, 0.25) is 0 Å². The Hall–Kier alpha value is -0.0900. The maximum atomic E-state index is 2.63. The molecule has 0 spiro atoms. The van der Waals surface area contributed by atoms with Crippen molar-refractivity contribution in [2.75, 3.05) is 6.54 Å². The molecule has 0 aliphatic carbocycles. The van der Waals surface area contributed by atoms with Gasteiger partial charge in [0.15, 0.2) is 0 Å². The van der Waals surface area contributed by atoms with E-state index in [1.165, 1.54) is 41.4 Å². The molecule has 2 heteroatoms. The molecule has 1 nitrogen and oxygen atoms in total. The van der Waals surface area contributed by atoms with Crippen LogP contribution in [0.3, 0.4) is 0 Å². The second kappa shape index (κ2) is 6.01. The molecule has 16 heavy (non-hydrogen) atoms. The maximum Gasteiger partial charge on any atom is 0.0236 e. The van der Waals surface area contributed by atoms with Crippen LogP contribution in [0.15, 0.2) is 24.3 Å². The molecule has 1 atom stereocenters. The lowest BCUT2D eigenvalue weighted by Gasteiger charge is -2.26. The van der Waals surface area contributed by atoms with Crippen molar-refractivity contribution in [2.24, 2.45) is 0 Å². The number of hydrogen-bond donors (Lipinski definition) is 0. The van der Waals surface area contributed by atoms with Crippen LogP contribution in [0.5, 0.6) is 0 Å². The van der Waals surface area contributed by atoms with E-state index in [-0.39, 0.29) is 0 Å². The van der Waals surface area contributed by atoms with Crippen molar-refractivity contribution in [2.45, 2.75) is 45.2 Å². The lowest BCUT2D eigenvalue weighted by molar-refractivity contribution is 0.205. The minimum Gasteiger partial charge on any atom is -0.296 e. The lowest BCUT2D eigenvalue weighted by Crippen LogP contribution is -2.31. The molecule has 0 N–H and O–H groups in total. The van der Waals surface area contributed by atoms with Crippen molar-refractivity contribution in [3.05, 3.63) is 33.4 Å². The van der Waals surface area contributed by atoms with Crippen molar-refractivity contribution < 1.29 is 0 Å². The Bertz CT molecular complexity index is 320. The van der Waals surface area contributed by atoms with Gasteiger partial charge in [0, 0.05) is 16.2 Å². The van der Waals surface area contributed by atoms with E-state index in [1.807, 2.05) is 0 Å². The highest BCUT2D eigenvalue weighted by atomic mass is 127. The van der Waals surface area contributed by atoms with Crippen molar-refractivity contribution in [1.82, 2.24) is 4.90 Å². The highest BCUT2D eigenvalue weighted by molar-refractivity contribution is 14.1. The first kappa shape index (κ1) is 12.4. The third kappa shape index (κ3) is 3.45. The summed E-state index contributed by atoms with van der Waals surface area (Å²) < 4.78 is 1.32. The van der Waals surface area contributed by atoms with E-state index >= 15 is 0 Å². The predicted molar refractivity (Wildman–Crippen MR) is 77.5 cm³/mol. The molecule has 0 aromatic heterocycles. The van der Waals surface area contributed by atoms with Gasteiger partial charge in [-0.3, -0.25) is 4.90 Å². The van der Waals surface area contributed by atoms with Crippen LogP contribution in [-0.4, -0.2) is 17.5 Å². The van der Waals surface area contributed by atoms with Gasteiger partial charge in [-0.1, -0.05) is 25.0 Å². The second-order valence-electron chi connectivity index (χ2n) is 4.80. The Morgan fingerprint density at radius 3 is 2.69 bits per heavy atom. The first-order valence-electron chi connectivity index (χ1n) is 6.24. The summed E-state index contributed by atoms with van der Waals surface area (Å²) in [6.45, 7) is 4.77. The van der Waals surface area contributed by atoms with Gasteiger partial charge >= 0.3 is 0 Å². The quantitative estimate of drug-likeness (QED) is 0.740. The number of likely N-dealkylation sites (tertiary alicyclic amines) is 1. The first-order valence-corrected chi connectivity index (χ1v) is 7.32. The van der Waals surface area contributed by atoms with Crippen LogP contribution in [-0.2, 0) is 6.54 Å². The summed E-state index contributed by atoms with van der Waals surface area (Å²) in [5.74, 6) is 0. The number of rotatable bonds is 2. The number of nitrogens with zero attached hydrogens (tertiary/aromatic N) is 1. The highest BCUT2D eigenvalue weighted by Gasteiger charge is 2.16. The van der Waals surface area contributed by atoms with Gasteiger partial charge < -0.3 is 0 Å². The summed E-state index contributed by atoms with van der Waals surface area (Å²) in [6, 6.07) is 9.69. The minimum atomic E-state index is 0.752. The zero-order chi connectivity index (χ0) is 11.4. The summed E-state index contributed by atoms with van der Waals surface area (Å²) in [4.78, 5) is 2.63. The SMILES string of the molecule is CC1CCCCCN1Cc1ccc(I)cc1. The van der Waals surface area contributed by atoms with Crippen LogP contribution in [0.25, 0.3) is 0 Å². The minimum absolute atomic E-state index is 0.752. The van der Waals surface area contributed by atoms with Gasteiger partial charge in [0.25, 0.3) is 0 Å². The number of halogens is 1. The van der Waals surface area contributed by atoms with E-state index in [9.17, 15) is 0 Å². The topological polar surface area (TPSA) is 3.24 Å². The molecular formula is C14H20IN. The van der Waals surface area contributed by atoms with Gasteiger partial charge in [0.05, 0.1) is 0 Å². The Balaban J connectivity index is 1.99. The molecule has 0 amide bonds. The molecule has 1 aromatic carbocycles. The monoisotopic (exact) mass is 329 g/mol. The Morgan fingerprint density at radius 1 is 1.19 bits per heavy atom. The van der Waals surface area contributed by atoms with Crippen LogP contribution in [0.4, 0.5) is 0 Å². The average molecular weight is 329 g/mol. The van der Waals surface area contributed by atoms with Gasteiger partial charge in [-0.05, 0) is 66.6 Å². The Kier molecular flexibility index (Phi) is 4.65. The molecule has 0 saturated carbocycles. The Labute approximate surface area is 112 Å². The third-order valence-corrected chi connectivity index (χ3v) is 4.21. The zero-order valence-electron chi connectivity index (χ0n) is 9.95. The smallest absolute Gasteiger partial charge is 0.0236 e. The van der Waals surface area contributed by atoms with E-state index < -0.39 is 0 Å². The van der Waals surface area contributed by atoms with E-state index in [4.69, 9.17) is 0 Å². The van der Waals surface area contributed by atoms with Crippen molar-refractivity contribution in [1.29, 1.82) is 0 Å². The molecule has 1 aliphatic rings. The van der Waals surface area contributed by atoms with Crippen LogP contribution >= 0.6 is 22.6 Å². The maximum absolute atomic E-state index is 2.63. The number of hydrogen-bond acceptors (Lipinski definition) is 1. The van der Waals surface area contributed by atoms with Crippen molar-refractivity contribution in [3.8, 4) is 0 Å². The van der Waals surface area contributed by atoms with Gasteiger partial charge in [-0.2, -0.15) is 0 Å². The normalized spacial score (nSPS) is 23.0. The third-order valence-electron chi connectivity index (χ3n) is 3.49. The van der Waals surface area contributed by atoms with E-state index in [2.05, 4.69) is 58.7 Å². The highest BCUT2D eigenvalue weighted by Crippen LogP contribution is 2.19. The van der Waals surface area contributed by atoms with E-state index in [1.54, 1.807) is 0 Å². The molecule has 1 fully saturated rings. The van der Waals surface area contributed by atoms with Gasteiger partial charge in [0.1, 0.15) is 0 Å². The fraction of sp³-hybridized carbons (Fsp3) is 0.571. The molecule has 1 saturated heterocycles. The number of benzene rings is 1. The van der Waals surface area contributed by atoms with Crippen molar-refractivity contribution >= 4 is 22.6 Å². The fourth-order valence-electron chi connectivity index (χ4n) is 2.39. The zero-order valence-corrected chi connectivity index (χ0v) is 12.1. The molecule has 0 bridgehead atoms. The second-order valence-corrected chi connectivity index (χ2v) is 6.04. The Morgan fingerprint density at radius 2 is 1.94 bits per heavy atom. The van der Waals surface area contributed by atoms with E-state index in [0.29, 0.717) is 0 Å². The molecule has 1 unspecified atom stereocenters. The largest absolute Gasteiger partial charge is 0.296 e. The molecule has 1 heterocycles. The first-order chi connectivity index (χ1) is 7.75. The summed E-state index contributed by atoms with van der Waals surface area (Å²) in [5.41, 5.74) is 1.45. The summed E-state index contributed by atoms with van der Waals surface area (Å²) >= 11 is 2.36. The summed E-state index contributed by atoms with van der Waals surface area (Å²) in [5, 5.41) is 0. The van der Waals surface area contributed by atoms with Gasteiger partial charge in [-0.25, -0.2) is 0 Å².